The third kappa shape index (κ3) is 2.69. The molecule has 0 aliphatic rings. The van der Waals surface area contributed by atoms with Crippen molar-refractivity contribution in [3.8, 4) is 0 Å². The van der Waals surface area contributed by atoms with E-state index in [1.807, 2.05) is 28.7 Å². The minimum atomic E-state index is -0.340. The number of rotatable bonds is 3. The van der Waals surface area contributed by atoms with Crippen LogP contribution in [-0.2, 0) is 6.42 Å². The van der Waals surface area contributed by atoms with E-state index < -0.39 is 0 Å². The van der Waals surface area contributed by atoms with Gasteiger partial charge in [0.1, 0.15) is 5.82 Å². The van der Waals surface area contributed by atoms with E-state index in [2.05, 4.69) is 0 Å². The highest BCUT2D eigenvalue weighted by atomic mass is 127. The highest BCUT2D eigenvalue weighted by molar-refractivity contribution is 14.1. The Kier molecular flexibility index (Phi) is 3.91. The third-order valence-electron chi connectivity index (χ3n) is 1.58. The minimum absolute atomic E-state index is 0.216. The number of hydrogen-bond acceptors (Lipinski definition) is 0. The number of benzene rings is 1. The Labute approximate surface area is 84.1 Å². The normalized spacial score (nSPS) is 10.2. The van der Waals surface area contributed by atoms with Gasteiger partial charge in [0.25, 0.3) is 0 Å². The fraction of sp³-hybridized carbons (Fsp3) is 0.333. The topological polar surface area (TPSA) is 0 Å². The molecule has 0 aromatic heterocycles. The molecule has 3 heteroatoms. The number of alkyl halides is 1. The Balaban J connectivity index is 2.69. The van der Waals surface area contributed by atoms with Crippen LogP contribution in [0.3, 0.4) is 0 Å². The molecule has 0 nitrogen and oxygen atoms in total. The second-order valence-corrected chi connectivity index (χ2v) is 3.70. The lowest BCUT2D eigenvalue weighted by atomic mass is 10.1. The summed E-state index contributed by atoms with van der Waals surface area (Å²) in [5.41, 5.74) is 0.866. The Morgan fingerprint density at radius 3 is 2.67 bits per heavy atom. The van der Waals surface area contributed by atoms with E-state index in [9.17, 15) is 8.78 Å². The average molecular weight is 282 g/mol. The van der Waals surface area contributed by atoms with Gasteiger partial charge in [0, 0.05) is 3.57 Å². The predicted molar refractivity (Wildman–Crippen MR) is 53.4 cm³/mol. The van der Waals surface area contributed by atoms with Gasteiger partial charge in [0.15, 0.2) is 0 Å². The second-order valence-electron chi connectivity index (χ2n) is 2.54. The number of hydrogen-bond donors (Lipinski definition) is 0. The van der Waals surface area contributed by atoms with Crippen molar-refractivity contribution in [3.05, 3.63) is 33.1 Å². The van der Waals surface area contributed by atoms with Crippen LogP contribution in [0.5, 0.6) is 0 Å². The van der Waals surface area contributed by atoms with Gasteiger partial charge in [-0.2, -0.15) is 0 Å². The van der Waals surface area contributed by atoms with E-state index in [-0.39, 0.29) is 12.5 Å². The molecule has 12 heavy (non-hydrogen) atoms. The van der Waals surface area contributed by atoms with Gasteiger partial charge < -0.3 is 0 Å². The van der Waals surface area contributed by atoms with Gasteiger partial charge in [-0.1, -0.05) is 6.07 Å². The standard InChI is InChI=1S/C9H9F2I/c10-5-1-2-7-3-4-9(12)8(11)6-7/h3-4,6H,1-2,5H2. The van der Waals surface area contributed by atoms with Gasteiger partial charge in [-0.3, -0.25) is 4.39 Å². The maximum atomic E-state index is 12.9. The zero-order valence-corrected chi connectivity index (χ0v) is 8.64. The molecule has 0 saturated heterocycles. The lowest BCUT2D eigenvalue weighted by Gasteiger charge is -1.99. The summed E-state index contributed by atoms with van der Waals surface area (Å²) in [6.07, 6.45) is 1.09. The third-order valence-corrected chi connectivity index (χ3v) is 2.46. The van der Waals surface area contributed by atoms with Crippen molar-refractivity contribution in [3.63, 3.8) is 0 Å². The Bertz CT molecular complexity index is 261. The molecule has 0 aliphatic heterocycles. The molecule has 1 rings (SSSR count). The first kappa shape index (κ1) is 9.89. The molecule has 0 spiro atoms. The van der Waals surface area contributed by atoms with Crippen molar-refractivity contribution in [2.24, 2.45) is 0 Å². The van der Waals surface area contributed by atoms with E-state index >= 15 is 0 Å². The van der Waals surface area contributed by atoms with Crippen LogP contribution in [0.15, 0.2) is 18.2 Å². The van der Waals surface area contributed by atoms with Gasteiger partial charge in [0.2, 0.25) is 0 Å². The zero-order chi connectivity index (χ0) is 8.97. The van der Waals surface area contributed by atoms with Crippen LogP contribution >= 0.6 is 22.6 Å². The van der Waals surface area contributed by atoms with Crippen LogP contribution in [0.2, 0.25) is 0 Å². The van der Waals surface area contributed by atoms with Crippen LogP contribution in [0.1, 0.15) is 12.0 Å². The second kappa shape index (κ2) is 4.74. The van der Waals surface area contributed by atoms with Crippen LogP contribution in [-0.4, -0.2) is 6.67 Å². The van der Waals surface area contributed by atoms with E-state index in [1.165, 1.54) is 6.07 Å². The molecule has 0 saturated carbocycles. The van der Waals surface area contributed by atoms with Gasteiger partial charge in [-0.05, 0) is 53.1 Å². The average Bonchev–Trinajstić information content (AvgIpc) is 2.07. The van der Waals surface area contributed by atoms with Gasteiger partial charge in [-0.15, -0.1) is 0 Å². The van der Waals surface area contributed by atoms with Gasteiger partial charge in [-0.25, -0.2) is 4.39 Å². The summed E-state index contributed by atoms with van der Waals surface area (Å²) in [7, 11) is 0. The highest BCUT2D eigenvalue weighted by Crippen LogP contribution is 2.13. The first-order valence-electron chi connectivity index (χ1n) is 3.74. The highest BCUT2D eigenvalue weighted by Gasteiger charge is 1.99. The predicted octanol–water partition coefficient (Wildman–Crippen LogP) is 3.33. The van der Waals surface area contributed by atoms with Crippen molar-refractivity contribution in [1.29, 1.82) is 0 Å². The monoisotopic (exact) mass is 282 g/mol. The smallest absolute Gasteiger partial charge is 0.136 e. The zero-order valence-electron chi connectivity index (χ0n) is 6.49. The van der Waals surface area contributed by atoms with Gasteiger partial charge >= 0.3 is 0 Å². The fourth-order valence-corrected chi connectivity index (χ4v) is 1.30. The fourth-order valence-electron chi connectivity index (χ4n) is 0.966. The van der Waals surface area contributed by atoms with Crippen LogP contribution < -0.4 is 0 Å². The first-order chi connectivity index (χ1) is 5.74. The SMILES string of the molecule is FCCCc1ccc(I)c(F)c1. The number of halogens is 3. The summed E-state index contributed by atoms with van der Waals surface area (Å²) >= 11 is 1.93. The minimum Gasteiger partial charge on any atom is -0.251 e. The summed E-state index contributed by atoms with van der Waals surface area (Å²) in [4.78, 5) is 0. The molecule has 0 N–H and O–H groups in total. The van der Waals surface area contributed by atoms with E-state index in [4.69, 9.17) is 0 Å². The van der Waals surface area contributed by atoms with Crippen molar-refractivity contribution in [2.75, 3.05) is 6.67 Å². The maximum absolute atomic E-state index is 12.9. The molecule has 0 aliphatic carbocycles. The molecular weight excluding hydrogens is 273 g/mol. The molecule has 0 unspecified atom stereocenters. The lowest BCUT2D eigenvalue weighted by molar-refractivity contribution is 0.472. The van der Waals surface area contributed by atoms with Crippen molar-refractivity contribution in [1.82, 2.24) is 0 Å². The molecule has 1 aromatic rings. The first-order valence-corrected chi connectivity index (χ1v) is 4.82. The summed E-state index contributed by atoms with van der Waals surface area (Å²) in [5.74, 6) is -0.216. The molecule has 0 heterocycles. The molecule has 0 radical (unpaired) electrons. The van der Waals surface area contributed by atoms with Crippen molar-refractivity contribution in [2.45, 2.75) is 12.8 Å². The Morgan fingerprint density at radius 1 is 1.33 bits per heavy atom. The quantitative estimate of drug-likeness (QED) is 0.746. The summed E-state index contributed by atoms with van der Waals surface area (Å²) in [5, 5.41) is 0. The summed E-state index contributed by atoms with van der Waals surface area (Å²) in [6, 6.07) is 5.02. The van der Waals surface area contributed by atoms with E-state index in [0.29, 0.717) is 16.4 Å². The molecule has 0 fully saturated rings. The van der Waals surface area contributed by atoms with Gasteiger partial charge in [0.05, 0.1) is 6.67 Å². The molecular formula is C9H9F2I. The maximum Gasteiger partial charge on any atom is 0.136 e. The molecule has 1 aromatic carbocycles. The van der Waals surface area contributed by atoms with E-state index in [1.54, 1.807) is 6.07 Å². The summed E-state index contributed by atoms with van der Waals surface area (Å²) in [6.45, 7) is -0.340. The van der Waals surface area contributed by atoms with Crippen LogP contribution in [0.25, 0.3) is 0 Å². The molecule has 66 valence electrons. The number of aryl methyl sites for hydroxylation is 1. The lowest BCUT2D eigenvalue weighted by Crippen LogP contribution is -1.89. The largest absolute Gasteiger partial charge is 0.251 e. The van der Waals surface area contributed by atoms with Crippen LogP contribution in [0, 0.1) is 9.39 Å². The summed E-state index contributed by atoms with van der Waals surface area (Å²) < 4.78 is 25.3. The Hall–Kier alpha value is -0.190. The molecule has 0 bridgehead atoms. The van der Waals surface area contributed by atoms with Crippen molar-refractivity contribution < 1.29 is 8.78 Å². The molecule has 0 atom stereocenters. The van der Waals surface area contributed by atoms with E-state index in [0.717, 1.165) is 5.56 Å². The van der Waals surface area contributed by atoms with Crippen molar-refractivity contribution >= 4 is 22.6 Å². The van der Waals surface area contributed by atoms with Crippen LogP contribution in [0.4, 0.5) is 8.78 Å². The Morgan fingerprint density at radius 2 is 2.08 bits per heavy atom. The molecule has 0 amide bonds.